The number of rotatable bonds is 7. The standard InChI is InChI=1S/C16H22FNO/c1-3-9-18(14-6-7-14)10-8-16(19)13-5-4-12(2)15(17)11-13/h4-5,11,14H,3,6-10H2,1-2H3. The fourth-order valence-electron chi connectivity index (χ4n) is 2.36. The molecular formula is C16H22FNO. The molecule has 0 atom stereocenters. The molecule has 104 valence electrons. The van der Waals surface area contributed by atoms with Crippen molar-refractivity contribution in [3.8, 4) is 0 Å². The van der Waals surface area contributed by atoms with Gasteiger partial charge in [-0.05, 0) is 44.4 Å². The summed E-state index contributed by atoms with van der Waals surface area (Å²) in [4.78, 5) is 14.5. The molecule has 2 rings (SSSR count). The van der Waals surface area contributed by atoms with Crippen LogP contribution in [0, 0.1) is 12.7 Å². The van der Waals surface area contributed by atoms with E-state index in [9.17, 15) is 9.18 Å². The van der Waals surface area contributed by atoms with Crippen molar-refractivity contribution in [2.24, 2.45) is 0 Å². The summed E-state index contributed by atoms with van der Waals surface area (Å²) in [6, 6.07) is 5.44. The van der Waals surface area contributed by atoms with Crippen LogP contribution < -0.4 is 0 Å². The minimum Gasteiger partial charge on any atom is -0.300 e. The summed E-state index contributed by atoms with van der Waals surface area (Å²) in [6.45, 7) is 5.72. The number of carbonyl (C=O) groups excluding carboxylic acids is 1. The number of halogens is 1. The summed E-state index contributed by atoms with van der Waals surface area (Å²) >= 11 is 0. The third kappa shape index (κ3) is 3.87. The van der Waals surface area contributed by atoms with E-state index in [1.54, 1.807) is 19.1 Å². The molecule has 1 saturated carbocycles. The van der Waals surface area contributed by atoms with Gasteiger partial charge < -0.3 is 0 Å². The highest BCUT2D eigenvalue weighted by atomic mass is 19.1. The summed E-state index contributed by atoms with van der Waals surface area (Å²) in [5, 5.41) is 0. The van der Waals surface area contributed by atoms with E-state index in [1.165, 1.54) is 18.9 Å². The average molecular weight is 263 g/mol. The lowest BCUT2D eigenvalue weighted by molar-refractivity contribution is 0.0962. The number of hydrogen-bond donors (Lipinski definition) is 0. The van der Waals surface area contributed by atoms with Gasteiger partial charge in [0.2, 0.25) is 0 Å². The lowest BCUT2D eigenvalue weighted by Crippen LogP contribution is -2.29. The van der Waals surface area contributed by atoms with E-state index in [-0.39, 0.29) is 11.6 Å². The first-order chi connectivity index (χ1) is 9.11. The van der Waals surface area contributed by atoms with Crippen molar-refractivity contribution in [2.45, 2.75) is 45.6 Å². The number of benzene rings is 1. The molecule has 0 radical (unpaired) electrons. The number of hydrogen-bond acceptors (Lipinski definition) is 2. The minimum atomic E-state index is -0.293. The molecule has 0 heterocycles. The maximum atomic E-state index is 13.4. The predicted molar refractivity (Wildman–Crippen MR) is 75.0 cm³/mol. The minimum absolute atomic E-state index is 0.0423. The van der Waals surface area contributed by atoms with Crippen LogP contribution in [0.5, 0.6) is 0 Å². The highest BCUT2D eigenvalue weighted by molar-refractivity contribution is 5.96. The molecule has 0 spiro atoms. The molecule has 0 bridgehead atoms. The Hall–Kier alpha value is -1.22. The second kappa shape index (κ2) is 6.29. The Morgan fingerprint density at radius 1 is 1.37 bits per heavy atom. The molecule has 1 aliphatic carbocycles. The smallest absolute Gasteiger partial charge is 0.164 e. The molecule has 0 aliphatic heterocycles. The van der Waals surface area contributed by atoms with Crippen LogP contribution in [0.1, 0.15) is 48.5 Å². The van der Waals surface area contributed by atoms with Crippen molar-refractivity contribution in [3.63, 3.8) is 0 Å². The van der Waals surface area contributed by atoms with Crippen LogP contribution in [0.25, 0.3) is 0 Å². The van der Waals surface area contributed by atoms with Gasteiger partial charge in [0.25, 0.3) is 0 Å². The van der Waals surface area contributed by atoms with E-state index in [4.69, 9.17) is 0 Å². The van der Waals surface area contributed by atoms with Crippen molar-refractivity contribution < 1.29 is 9.18 Å². The quantitative estimate of drug-likeness (QED) is 0.701. The number of Topliss-reactive ketones (excluding diaryl/α,β-unsaturated/α-hetero) is 1. The molecular weight excluding hydrogens is 241 g/mol. The first kappa shape index (κ1) is 14.2. The monoisotopic (exact) mass is 263 g/mol. The van der Waals surface area contributed by atoms with E-state index in [0.29, 0.717) is 23.6 Å². The van der Waals surface area contributed by atoms with Gasteiger partial charge in [-0.2, -0.15) is 0 Å². The Bertz CT molecular complexity index is 454. The molecule has 0 amide bonds. The van der Waals surface area contributed by atoms with Gasteiger partial charge in [-0.25, -0.2) is 4.39 Å². The van der Waals surface area contributed by atoms with Gasteiger partial charge in [0.15, 0.2) is 5.78 Å². The summed E-state index contributed by atoms with van der Waals surface area (Å²) in [7, 11) is 0. The van der Waals surface area contributed by atoms with Crippen molar-refractivity contribution in [1.29, 1.82) is 0 Å². The molecule has 0 aromatic heterocycles. The van der Waals surface area contributed by atoms with Gasteiger partial charge in [-0.3, -0.25) is 9.69 Å². The van der Waals surface area contributed by atoms with Crippen LogP contribution in [0.2, 0.25) is 0 Å². The zero-order valence-electron chi connectivity index (χ0n) is 11.8. The fraction of sp³-hybridized carbons (Fsp3) is 0.562. The number of ketones is 1. The van der Waals surface area contributed by atoms with Crippen LogP contribution in [0.15, 0.2) is 18.2 Å². The third-order valence-electron chi connectivity index (χ3n) is 3.69. The van der Waals surface area contributed by atoms with Crippen LogP contribution in [-0.2, 0) is 0 Å². The topological polar surface area (TPSA) is 20.3 Å². The van der Waals surface area contributed by atoms with Crippen molar-refractivity contribution in [1.82, 2.24) is 4.90 Å². The van der Waals surface area contributed by atoms with Gasteiger partial charge in [0.05, 0.1) is 0 Å². The van der Waals surface area contributed by atoms with E-state index in [1.807, 2.05) is 0 Å². The first-order valence-electron chi connectivity index (χ1n) is 7.15. The van der Waals surface area contributed by atoms with Crippen LogP contribution in [0.3, 0.4) is 0 Å². The molecule has 0 N–H and O–H groups in total. The zero-order valence-corrected chi connectivity index (χ0v) is 11.8. The van der Waals surface area contributed by atoms with Crippen molar-refractivity contribution in [2.75, 3.05) is 13.1 Å². The van der Waals surface area contributed by atoms with E-state index in [2.05, 4.69) is 11.8 Å². The number of nitrogens with zero attached hydrogens (tertiary/aromatic N) is 1. The molecule has 1 aromatic rings. The molecule has 0 unspecified atom stereocenters. The Labute approximate surface area is 114 Å². The third-order valence-corrected chi connectivity index (χ3v) is 3.69. The summed E-state index contributed by atoms with van der Waals surface area (Å²) in [5.74, 6) is -0.251. The summed E-state index contributed by atoms with van der Waals surface area (Å²) in [6.07, 6.45) is 4.11. The second-order valence-electron chi connectivity index (χ2n) is 5.40. The van der Waals surface area contributed by atoms with Crippen molar-refractivity contribution in [3.05, 3.63) is 35.1 Å². The van der Waals surface area contributed by atoms with Crippen LogP contribution in [-0.4, -0.2) is 29.8 Å². The van der Waals surface area contributed by atoms with Crippen molar-refractivity contribution >= 4 is 5.78 Å². The lowest BCUT2D eigenvalue weighted by Gasteiger charge is -2.20. The van der Waals surface area contributed by atoms with Gasteiger partial charge in [-0.15, -0.1) is 0 Å². The molecule has 19 heavy (non-hydrogen) atoms. The normalized spacial score (nSPS) is 14.9. The van der Waals surface area contributed by atoms with Gasteiger partial charge in [-0.1, -0.05) is 19.1 Å². The van der Waals surface area contributed by atoms with Gasteiger partial charge >= 0.3 is 0 Å². The molecule has 1 aromatic carbocycles. The first-order valence-corrected chi connectivity index (χ1v) is 7.15. The zero-order chi connectivity index (χ0) is 13.8. The van der Waals surface area contributed by atoms with E-state index < -0.39 is 0 Å². The molecule has 0 saturated heterocycles. The maximum absolute atomic E-state index is 13.4. The molecule has 1 aliphatic rings. The number of aryl methyl sites for hydroxylation is 1. The Morgan fingerprint density at radius 3 is 2.68 bits per heavy atom. The lowest BCUT2D eigenvalue weighted by atomic mass is 10.1. The predicted octanol–water partition coefficient (Wildman–Crippen LogP) is 3.58. The number of carbonyl (C=O) groups is 1. The Morgan fingerprint density at radius 2 is 2.11 bits per heavy atom. The SMILES string of the molecule is CCCN(CCC(=O)c1ccc(C)c(F)c1)C1CC1. The van der Waals surface area contributed by atoms with Gasteiger partial charge in [0, 0.05) is 24.6 Å². The molecule has 1 fully saturated rings. The van der Waals surface area contributed by atoms with Crippen LogP contribution >= 0.6 is 0 Å². The van der Waals surface area contributed by atoms with E-state index >= 15 is 0 Å². The average Bonchev–Trinajstić information content (AvgIpc) is 3.21. The fourth-order valence-corrected chi connectivity index (χ4v) is 2.36. The highest BCUT2D eigenvalue weighted by Gasteiger charge is 2.28. The van der Waals surface area contributed by atoms with Gasteiger partial charge in [0.1, 0.15) is 5.82 Å². The van der Waals surface area contributed by atoms with E-state index in [0.717, 1.165) is 19.5 Å². The largest absolute Gasteiger partial charge is 0.300 e. The summed E-state index contributed by atoms with van der Waals surface area (Å²) in [5.41, 5.74) is 1.08. The maximum Gasteiger partial charge on any atom is 0.164 e. The summed E-state index contributed by atoms with van der Waals surface area (Å²) < 4.78 is 13.4. The Balaban J connectivity index is 1.90. The molecule has 2 nitrogen and oxygen atoms in total. The second-order valence-corrected chi connectivity index (χ2v) is 5.40. The highest BCUT2D eigenvalue weighted by Crippen LogP contribution is 2.27. The molecule has 3 heteroatoms. The van der Waals surface area contributed by atoms with Crippen LogP contribution in [0.4, 0.5) is 4.39 Å². The Kier molecular flexibility index (Phi) is 4.70.